The van der Waals surface area contributed by atoms with E-state index in [0.717, 1.165) is 31.6 Å². The second kappa shape index (κ2) is 6.74. The van der Waals surface area contributed by atoms with E-state index in [-0.39, 0.29) is 11.5 Å². The molecule has 1 N–H and O–H groups in total. The minimum absolute atomic E-state index is 0.116. The van der Waals surface area contributed by atoms with Crippen molar-refractivity contribution in [2.24, 2.45) is 5.92 Å². The van der Waals surface area contributed by atoms with E-state index in [2.05, 4.69) is 15.0 Å². The van der Waals surface area contributed by atoms with E-state index < -0.39 is 5.97 Å². The lowest BCUT2D eigenvalue weighted by molar-refractivity contribution is -0.127. The number of aromatic carboxylic acids is 1. The van der Waals surface area contributed by atoms with Crippen LogP contribution in [0.2, 0.25) is 0 Å². The SMILES string of the molecule is CC(=O)N1CCC(Cc2cnc(-c3cncc(C(=O)O)c3)cn2)C1. The third-order valence-corrected chi connectivity index (χ3v) is 4.22. The normalized spacial score (nSPS) is 17.0. The van der Waals surface area contributed by atoms with Crippen LogP contribution in [0, 0.1) is 5.92 Å². The van der Waals surface area contributed by atoms with E-state index in [1.807, 2.05) is 4.90 Å². The number of carbonyl (C=O) groups is 2. The summed E-state index contributed by atoms with van der Waals surface area (Å²) in [5.41, 5.74) is 2.20. The van der Waals surface area contributed by atoms with Crippen molar-refractivity contribution >= 4 is 11.9 Å². The molecule has 3 rings (SSSR count). The molecule has 1 aliphatic rings. The zero-order chi connectivity index (χ0) is 17.1. The number of hydrogen-bond donors (Lipinski definition) is 1. The van der Waals surface area contributed by atoms with E-state index in [0.29, 0.717) is 17.2 Å². The first-order valence-corrected chi connectivity index (χ1v) is 7.78. The second-order valence-corrected chi connectivity index (χ2v) is 5.98. The van der Waals surface area contributed by atoms with Gasteiger partial charge >= 0.3 is 5.97 Å². The summed E-state index contributed by atoms with van der Waals surface area (Å²) in [7, 11) is 0. The van der Waals surface area contributed by atoms with Crippen LogP contribution < -0.4 is 0 Å². The number of carboxylic acid groups (broad SMARTS) is 1. The molecule has 0 bridgehead atoms. The van der Waals surface area contributed by atoms with E-state index in [1.165, 1.54) is 12.3 Å². The van der Waals surface area contributed by atoms with E-state index in [4.69, 9.17) is 5.11 Å². The molecular weight excluding hydrogens is 308 g/mol. The lowest BCUT2D eigenvalue weighted by Gasteiger charge is -2.13. The number of carbonyl (C=O) groups excluding carboxylic acids is 1. The van der Waals surface area contributed by atoms with Crippen LogP contribution in [0.15, 0.2) is 30.9 Å². The Bertz CT molecular complexity index is 761. The van der Waals surface area contributed by atoms with Crippen molar-refractivity contribution < 1.29 is 14.7 Å². The van der Waals surface area contributed by atoms with Gasteiger partial charge in [0.2, 0.25) is 5.91 Å². The Hall–Kier alpha value is -2.83. The molecule has 2 aromatic rings. The van der Waals surface area contributed by atoms with E-state index in [1.54, 1.807) is 25.5 Å². The standard InChI is InChI=1S/C17H18N4O3/c1-11(22)21-3-2-12(10-21)4-15-8-20-16(9-19-15)13-5-14(17(23)24)7-18-6-13/h5-9,12H,2-4,10H2,1H3,(H,23,24). The summed E-state index contributed by atoms with van der Waals surface area (Å²) in [4.78, 5) is 36.9. The molecule has 2 aromatic heterocycles. The molecule has 1 aliphatic heterocycles. The van der Waals surface area contributed by atoms with Crippen LogP contribution >= 0.6 is 0 Å². The molecule has 0 aliphatic carbocycles. The Labute approximate surface area is 139 Å². The molecule has 1 atom stereocenters. The monoisotopic (exact) mass is 326 g/mol. The van der Waals surface area contributed by atoms with E-state index >= 15 is 0 Å². The molecule has 0 spiro atoms. The Morgan fingerprint density at radius 1 is 1.25 bits per heavy atom. The van der Waals surface area contributed by atoms with Gasteiger partial charge in [-0.15, -0.1) is 0 Å². The molecule has 0 radical (unpaired) electrons. The van der Waals surface area contributed by atoms with Crippen LogP contribution in [0.4, 0.5) is 0 Å². The topological polar surface area (TPSA) is 96.3 Å². The van der Waals surface area contributed by atoms with Gasteiger partial charge in [-0.3, -0.25) is 19.7 Å². The third-order valence-electron chi connectivity index (χ3n) is 4.22. The van der Waals surface area contributed by atoms with Crippen molar-refractivity contribution in [1.82, 2.24) is 19.9 Å². The Kier molecular flexibility index (Phi) is 4.50. The van der Waals surface area contributed by atoms with Gasteiger partial charge in [0, 0.05) is 44.2 Å². The molecule has 124 valence electrons. The Morgan fingerprint density at radius 3 is 2.71 bits per heavy atom. The van der Waals surface area contributed by atoms with Gasteiger partial charge in [0.1, 0.15) is 0 Å². The maximum Gasteiger partial charge on any atom is 0.337 e. The highest BCUT2D eigenvalue weighted by Crippen LogP contribution is 2.21. The second-order valence-electron chi connectivity index (χ2n) is 5.98. The van der Waals surface area contributed by atoms with Gasteiger partial charge in [-0.1, -0.05) is 0 Å². The summed E-state index contributed by atoms with van der Waals surface area (Å²) in [6.45, 7) is 3.17. The van der Waals surface area contributed by atoms with Gasteiger partial charge in [0.05, 0.1) is 23.1 Å². The first-order chi connectivity index (χ1) is 11.5. The van der Waals surface area contributed by atoms with Crippen LogP contribution in [0.25, 0.3) is 11.3 Å². The fraction of sp³-hybridized carbons (Fsp3) is 0.353. The number of aromatic nitrogens is 3. The number of nitrogens with zero attached hydrogens (tertiary/aromatic N) is 4. The average molecular weight is 326 g/mol. The van der Waals surface area contributed by atoms with Crippen molar-refractivity contribution in [3.05, 3.63) is 42.1 Å². The van der Waals surface area contributed by atoms with Gasteiger partial charge < -0.3 is 10.0 Å². The number of hydrogen-bond acceptors (Lipinski definition) is 5. The molecule has 3 heterocycles. The molecule has 1 amide bonds. The van der Waals surface area contributed by atoms with Crippen LogP contribution in [-0.2, 0) is 11.2 Å². The van der Waals surface area contributed by atoms with Crippen molar-refractivity contribution in [1.29, 1.82) is 0 Å². The summed E-state index contributed by atoms with van der Waals surface area (Å²) in [6, 6.07) is 1.53. The van der Waals surface area contributed by atoms with Crippen molar-refractivity contribution in [3.63, 3.8) is 0 Å². The van der Waals surface area contributed by atoms with Crippen molar-refractivity contribution in [2.45, 2.75) is 19.8 Å². The van der Waals surface area contributed by atoms with Crippen LogP contribution in [0.3, 0.4) is 0 Å². The van der Waals surface area contributed by atoms with Crippen molar-refractivity contribution in [3.8, 4) is 11.3 Å². The highest BCUT2D eigenvalue weighted by molar-refractivity contribution is 5.88. The zero-order valence-electron chi connectivity index (χ0n) is 13.3. The summed E-state index contributed by atoms with van der Waals surface area (Å²) in [5.74, 6) is -0.499. The van der Waals surface area contributed by atoms with Gasteiger partial charge in [-0.05, 0) is 24.8 Å². The molecule has 7 heteroatoms. The zero-order valence-corrected chi connectivity index (χ0v) is 13.3. The molecule has 0 saturated carbocycles. The highest BCUT2D eigenvalue weighted by Gasteiger charge is 2.24. The Balaban J connectivity index is 1.69. The van der Waals surface area contributed by atoms with Gasteiger partial charge in [0.25, 0.3) is 0 Å². The predicted octanol–water partition coefficient (Wildman–Crippen LogP) is 1.65. The minimum Gasteiger partial charge on any atom is -0.478 e. The maximum absolute atomic E-state index is 11.4. The summed E-state index contributed by atoms with van der Waals surface area (Å²) >= 11 is 0. The van der Waals surface area contributed by atoms with Crippen LogP contribution in [0.1, 0.15) is 29.4 Å². The summed E-state index contributed by atoms with van der Waals surface area (Å²) < 4.78 is 0. The molecule has 24 heavy (non-hydrogen) atoms. The molecule has 1 unspecified atom stereocenters. The largest absolute Gasteiger partial charge is 0.478 e. The summed E-state index contributed by atoms with van der Waals surface area (Å²) in [5, 5.41) is 9.02. The number of carboxylic acids is 1. The molecular formula is C17H18N4O3. The molecule has 1 fully saturated rings. The predicted molar refractivity (Wildman–Crippen MR) is 86.3 cm³/mol. The lowest BCUT2D eigenvalue weighted by atomic mass is 10.0. The first-order valence-electron chi connectivity index (χ1n) is 7.78. The molecule has 7 nitrogen and oxygen atoms in total. The average Bonchev–Trinajstić information content (AvgIpc) is 3.04. The molecule has 0 aromatic carbocycles. The number of rotatable bonds is 4. The first kappa shape index (κ1) is 16.0. The highest BCUT2D eigenvalue weighted by atomic mass is 16.4. The maximum atomic E-state index is 11.4. The smallest absolute Gasteiger partial charge is 0.337 e. The summed E-state index contributed by atoms with van der Waals surface area (Å²) in [6.07, 6.45) is 7.97. The van der Waals surface area contributed by atoms with Gasteiger partial charge in [-0.25, -0.2) is 4.79 Å². The van der Waals surface area contributed by atoms with Gasteiger partial charge in [-0.2, -0.15) is 0 Å². The number of pyridine rings is 1. The number of likely N-dealkylation sites (tertiary alicyclic amines) is 1. The van der Waals surface area contributed by atoms with Crippen LogP contribution in [0.5, 0.6) is 0 Å². The number of amides is 1. The minimum atomic E-state index is -1.02. The fourth-order valence-corrected chi connectivity index (χ4v) is 2.89. The quantitative estimate of drug-likeness (QED) is 0.917. The van der Waals surface area contributed by atoms with Crippen molar-refractivity contribution in [2.75, 3.05) is 13.1 Å². The molecule has 1 saturated heterocycles. The fourth-order valence-electron chi connectivity index (χ4n) is 2.89. The van der Waals surface area contributed by atoms with Crippen LogP contribution in [-0.4, -0.2) is 49.9 Å². The lowest BCUT2D eigenvalue weighted by Crippen LogP contribution is -2.26. The third kappa shape index (κ3) is 3.56. The van der Waals surface area contributed by atoms with Gasteiger partial charge in [0.15, 0.2) is 0 Å². The van der Waals surface area contributed by atoms with E-state index in [9.17, 15) is 9.59 Å². The Morgan fingerprint density at radius 2 is 2.08 bits per heavy atom.